The quantitative estimate of drug-likeness (QED) is 0.776. The molecule has 0 saturated carbocycles. The van der Waals surface area contributed by atoms with Crippen LogP contribution < -0.4 is 5.32 Å². The molecule has 27 heavy (non-hydrogen) atoms. The first-order chi connectivity index (χ1) is 13.0. The van der Waals surface area contributed by atoms with Crippen LogP contribution in [0.1, 0.15) is 27.6 Å². The van der Waals surface area contributed by atoms with Crippen molar-refractivity contribution in [2.45, 2.75) is 12.3 Å². The first kappa shape index (κ1) is 19.7. The van der Waals surface area contributed by atoms with E-state index in [9.17, 15) is 9.59 Å². The van der Waals surface area contributed by atoms with E-state index in [1.807, 2.05) is 36.0 Å². The maximum atomic E-state index is 12.8. The average molecular weight is 391 g/mol. The van der Waals surface area contributed by atoms with Gasteiger partial charge in [-0.3, -0.25) is 9.59 Å². The molecule has 3 rings (SSSR count). The lowest BCUT2D eigenvalue weighted by Gasteiger charge is -2.17. The summed E-state index contributed by atoms with van der Waals surface area (Å²) in [4.78, 5) is 34.9. The molecule has 0 aromatic carbocycles. The van der Waals surface area contributed by atoms with Gasteiger partial charge in [0.15, 0.2) is 0 Å². The Bertz CT molecular complexity index is 820. The van der Waals surface area contributed by atoms with Gasteiger partial charge in [-0.15, -0.1) is 11.3 Å². The fraction of sp³-hybridized carbons (Fsp3) is 0.526. The van der Waals surface area contributed by atoms with E-state index >= 15 is 0 Å². The second-order valence-electron chi connectivity index (χ2n) is 7.02. The standard InChI is InChI=1S/C19H26N4O3S/c1-22(2)10-8-20-18(25)17-16(14-5-4-7-21-19(14)27-17)13-6-9-23(11-13)15(24)12-26-3/h4-5,7,13H,6,8-12H2,1-3H3,(H,20,25)/t13-/m1/s1. The molecule has 146 valence electrons. The van der Waals surface area contributed by atoms with Gasteiger partial charge in [0.2, 0.25) is 5.91 Å². The van der Waals surface area contributed by atoms with Crippen LogP contribution >= 0.6 is 11.3 Å². The van der Waals surface area contributed by atoms with Crippen molar-refractivity contribution >= 4 is 33.4 Å². The Labute approximate surface area is 163 Å². The number of thiophene rings is 1. The fourth-order valence-electron chi connectivity index (χ4n) is 3.44. The van der Waals surface area contributed by atoms with Crippen LogP contribution in [0.4, 0.5) is 0 Å². The van der Waals surface area contributed by atoms with Gasteiger partial charge in [0.1, 0.15) is 11.4 Å². The second-order valence-corrected chi connectivity index (χ2v) is 8.02. The number of amides is 2. The van der Waals surface area contributed by atoms with Gasteiger partial charge in [-0.2, -0.15) is 0 Å². The van der Waals surface area contributed by atoms with E-state index < -0.39 is 0 Å². The topological polar surface area (TPSA) is 74.8 Å². The van der Waals surface area contributed by atoms with Crippen molar-refractivity contribution in [3.63, 3.8) is 0 Å². The Kier molecular flexibility index (Phi) is 6.41. The predicted molar refractivity (Wildman–Crippen MR) is 106 cm³/mol. The molecule has 0 unspecified atom stereocenters. The van der Waals surface area contributed by atoms with Crippen LogP contribution in [0, 0.1) is 0 Å². The zero-order valence-electron chi connectivity index (χ0n) is 16.0. The Morgan fingerprint density at radius 3 is 3.00 bits per heavy atom. The number of methoxy groups -OCH3 is 1. The predicted octanol–water partition coefficient (Wildman–Crippen LogP) is 1.55. The van der Waals surface area contributed by atoms with Crippen molar-refractivity contribution in [1.29, 1.82) is 0 Å². The number of likely N-dealkylation sites (N-methyl/N-ethyl adjacent to an activating group) is 1. The van der Waals surface area contributed by atoms with E-state index in [4.69, 9.17) is 4.74 Å². The van der Waals surface area contributed by atoms with Gasteiger partial charge in [-0.1, -0.05) is 6.07 Å². The molecule has 1 saturated heterocycles. The molecule has 1 N–H and O–H groups in total. The van der Waals surface area contributed by atoms with E-state index in [0.717, 1.165) is 28.7 Å². The number of aromatic nitrogens is 1. The molecule has 0 spiro atoms. The highest BCUT2D eigenvalue weighted by Gasteiger charge is 2.32. The van der Waals surface area contributed by atoms with Crippen molar-refractivity contribution in [3.8, 4) is 0 Å². The summed E-state index contributed by atoms with van der Waals surface area (Å²) in [7, 11) is 5.48. The molecule has 0 radical (unpaired) electrons. The third-order valence-electron chi connectivity index (χ3n) is 4.77. The highest BCUT2D eigenvalue weighted by molar-refractivity contribution is 7.20. The summed E-state index contributed by atoms with van der Waals surface area (Å²) in [5, 5.41) is 4.03. The number of carbonyl (C=O) groups is 2. The van der Waals surface area contributed by atoms with E-state index in [2.05, 4.69) is 10.3 Å². The number of hydrogen-bond donors (Lipinski definition) is 1. The lowest BCUT2D eigenvalue weighted by atomic mass is 9.95. The van der Waals surface area contributed by atoms with Crippen LogP contribution in [-0.4, -0.2) is 80.6 Å². The number of hydrogen-bond acceptors (Lipinski definition) is 6. The molecule has 8 heteroatoms. The first-order valence-electron chi connectivity index (χ1n) is 9.08. The van der Waals surface area contributed by atoms with E-state index in [-0.39, 0.29) is 24.3 Å². The van der Waals surface area contributed by atoms with Crippen molar-refractivity contribution < 1.29 is 14.3 Å². The molecule has 7 nitrogen and oxygen atoms in total. The lowest BCUT2D eigenvalue weighted by Crippen LogP contribution is -2.32. The van der Waals surface area contributed by atoms with Gasteiger partial charge < -0.3 is 19.9 Å². The summed E-state index contributed by atoms with van der Waals surface area (Å²) < 4.78 is 4.97. The van der Waals surface area contributed by atoms with Crippen LogP contribution in [0.2, 0.25) is 0 Å². The van der Waals surface area contributed by atoms with Gasteiger partial charge in [-0.25, -0.2) is 4.98 Å². The van der Waals surface area contributed by atoms with Crippen molar-refractivity contribution in [2.75, 3.05) is 54.0 Å². The summed E-state index contributed by atoms with van der Waals surface area (Å²) in [6, 6.07) is 3.92. The molecule has 0 aliphatic carbocycles. The zero-order chi connectivity index (χ0) is 19.4. The number of pyridine rings is 1. The lowest BCUT2D eigenvalue weighted by molar-refractivity contribution is -0.134. The highest BCUT2D eigenvalue weighted by atomic mass is 32.1. The molecule has 1 aliphatic rings. The number of carbonyl (C=O) groups excluding carboxylic acids is 2. The molecule has 2 amide bonds. The minimum Gasteiger partial charge on any atom is -0.375 e. The average Bonchev–Trinajstić information content (AvgIpc) is 3.26. The Morgan fingerprint density at radius 2 is 2.26 bits per heavy atom. The third kappa shape index (κ3) is 4.45. The third-order valence-corrected chi connectivity index (χ3v) is 5.90. The number of rotatable bonds is 7. The Hall–Kier alpha value is -2.03. The molecule has 1 aliphatic heterocycles. The van der Waals surface area contributed by atoms with Crippen molar-refractivity contribution in [3.05, 3.63) is 28.8 Å². The van der Waals surface area contributed by atoms with Crippen LogP contribution in [0.5, 0.6) is 0 Å². The SMILES string of the molecule is COCC(=O)N1CC[C@@H](c2c(C(=O)NCCN(C)C)sc3ncccc23)C1. The van der Waals surface area contributed by atoms with Gasteiger partial charge in [0, 0.05) is 50.8 Å². The van der Waals surface area contributed by atoms with E-state index in [1.165, 1.54) is 18.4 Å². The molecule has 0 bridgehead atoms. The highest BCUT2D eigenvalue weighted by Crippen LogP contribution is 2.39. The Morgan fingerprint density at radius 1 is 1.44 bits per heavy atom. The minimum atomic E-state index is -0.0588. The van der Waals surface area contributed by atoms with Gasteiger partial charge >= 0.3 is 0 Å². The van der Waals surface area contributed by atoms with Crippen molar-refractivity contribution in [2.24, 2.45) is 0 Å². The van der Waals surface area contributed by atoms with Gasteiger partial charge in [0.25, 0.3) is 5.91 Å². The monoisotopic (exact) mass is 390 g/mol. The largest absolute Gasteiger partial charge is 0.375 e. The summed E-state index contributed by atoms with van der Waals surface area (Å²) in [5.74, 6) is 0.0736. The molecule has 2 aromatic rings. The molecular formula is C19H26N4O3S. The van der Waals surface area contributed by atoms with E-state index in [1.54, 1.807) is 6.20 Å². The van der Waals surface area contributed by atoms with Gasteiger partial charge in [0.05, 0.1) is 4.88 Å². The summed E-state index contributed by atoms with van der Waals surface area (Å²) in [6.45, 7) is 2.77. The Balaban J connectivity index is 1.85. The fourth-order valence-corrected chi connectivity index (χ4v) is 4.58. The van der Waals surface area contributed by atoms with Gasteiger partial charge in [-0.05, 0) is 32.1 Å². The first-order valence-corrected chi connectivity index (χ1v) is 9.90. The number of nitrogens with zero attached hydrogens (tertiary/aromatic N) is 3. The molecule has 1 atom stereocenters. The van der Waals surface area contributed by atoms with Crippen molar-refractivity contribution in [1.82, 2.24) is 20.1 Å². The maximum Gasteiger partial charge on any atom is 0.261 e. The maximum absolute atomic E-state index is 12.8. The summed E-state index contributed by atoms with van der Waals surface area (Å²) in [6.07, 6.45) is 2.59. The number of fused-ring (bicyclic) bond motifs is 1. The molecule has 3 heterocycles. The second kappa shape index (κ2) is 8.77. The zero-order valence-corrected chi connectivity index (χ0v) is 16.8. The number of likely N-dealkylation sites (tertiary alicyclic amines) is 1. The van der Waals surface area contributed by atoms with E-state index in [0.29, 0.717) is 24.5 Å². The van der Waals surface area contributed by atoms with Crippen LogP contribution in [0.15, 0.2) is 18.3 Å². The van der Waals surface area contributed by atoms with Crippen LogP contribution in [0.25, 0.3) is 10.2 Å². The summed E-state index contributed by atoms with van der Waals surface area (Å²) in [5.41, 5.74) is 1.03. The normalized spacial score (nSPS) is 17.0. The molecule has 2 aromatic heterocycles. The molecular weight excluding hydrogens is 364 g/mol. The van der Waals surface area contributed by atoms with Crippen LogP contribution in [-0.2, 0) is 9.53 Å². The number of nitrogens with one attached hydrogen (secondary N) is 1. The number of ether oxygens (including phenoxy) is 1. The molecule has 1 fully saturated rings. The smallest absolute Gasteiger partial charge is 0.261 e. The summed E-state index contributed by atoms with van der Waals surface area (Å²) >= 11 is 1.43. The minimum absolute atomic E-state index is 0.00496. The van der Waals surface area contributed by atoms with Crippen LogP contribution in [0.3, 0.4) is 0 Å².